The molecule has 1 aliphatic rings. The van der Waals surface area contributed by atoms with E-state index in [2.05, 4.69) is 20.9 Å². The topological polar surface area (TPSA) is 90.6 Å². The van der Waals surface area contributed by atoms with Gasteiger partial charge in [-0.2, -0.15) is 4.68 Å². The summed E-state index contributed by atoms with van der Waals surface area (Å²) >= 11 is 1.47. The van der Waals surface area contributed by atoms with Crippen molar-refractivity contribution in [2.24, 2.45) is 7.05 Å². The summed E-state index contributed by atoms with van der Waals surface area (Å²) in [6, 6.07) is 1.63. The van der Waals surface area contributed by atoms with Gasteiger partial charge in [0.15, 0.2) is 1.41 Å². The van der Waals surface area contributed by atoms with E-state index in [-0.39, 0.29) is 12.3 Å². The predicted molar refractivity (Wildman–Crippen MR) is 79.4 cm³/mol. The number of hydrogen-bond donors (Lipinski definition) is 1. The van der Waals surface area contributed by atoms with E-state index in [1.165, 1.54) is 32.5 Å². The summed E-state index contributed by atoms with van der Waals surface area (Å²) in [5, 5.41) is 15.3. The van der Waals surface area contributed by atoms with Crippen LogP contribution >= 0.6 is 11.3 Å². The zero-order valence-corrected chi connectivity index (χ0v) is 12.7. The van der Waals surface area contributed by atoms with Gasteiger partial charge in [0.1, 0.15) is 11.6 Å². The van der Waals surface area contributed by atoms with Crippen LogP contribution in [0.1, 0.15) is 29.9 Å². The van der Waals surface area contributed by atoms with Crippen LogP contribution in [-0.4, -0.2) is 30.0 Å². The van der Waals surface area contributed by atoms with Gasteiger partial charge in [0, 0.05) is 24.9 Å². The number of rotatable bonds is 5. The zero-order chi connectivity index (χ0) is 16.0. The van der Waals surface area contributed by atoms with Crippen LogP contribution in [-0.2, 0) is 13.7 Å². The molecular weight excluding hydrogens is 304 g/mol. The lowest BCUT2D eigenvalue weighted by atomic mass is 10.1. The summed E-state index contributed by atoms with van der Waals surface area (Å²) in [4.78, 5) is 12.1. The summed E-state index contributed by atoms with van der Waals surface area (Å²) in [6.45, 7) is 0.282. The molecule has 1 fully saturated rings. The van der Waals surface area contributed by atoms with Crippen molar-refractivity contribution >= 4 is 11.3 Å². The zero-order valence-electron chi connectivity index (χ0n) is 12.8. The monoisotopic (exact) mass is 320 g/mol. The number of hydrogen-bond acceptors (Lipinski definition) is 6. The lowest BCUT2D eigenvalue weighted by Gasteiger charge is -2.07. The van der Waals surface area contributed by atoms with Gasteiger partial charge in [-0.25, -0.2) is 4.79 Å². The Labute approximate surface area is 130 Å². The highest BCUT2D eigenvalue weighted by Gasteiger charge is 2.30. The van der Waals surface area contributed by atoms with Crippen LogP contribution in [0.15, 0.2) is 22.4 Å². The van der Waals surface area contributed by atoms with Gasteiger partial charge in [0.25, 0.3) is 0 Å². The number of thiophene rings is 1. The standard InChI is InChI=1S/C13H14N6O2S/c1-18-13(20)19(17-16-18)12-9(6-21-11-4-5-14-15-11)10(7-22-12)8-2-3-8/h4-5,7-8H,2-3,6H2,1H3,(H,14,15)/i/hT. The first-order chi connectivity index (χ1) is 11.1. The molecule has 0 bridgehead atoms. The fourth-order valence-electron chi connectivity index (χ4n) is 2.33. The average Bonchev–Trinajstić information content (AvgIpc) is 3.03. The van der Waals surface area contributed by atoms with E-state index in [1.807, 2.05) is 0 Å². The number of aromatic amines is 1. The third kappa shape index (κ3) is 2.23. The Kier molecular flexibility index (Phi) is 2.81. The van der Waals surface area contributed by atoms with E-state index in [4.69, 9.17) is 6.15 Å². The molecule has 0 aromatic carbocycles. The Bertz CT molecular complexity index is 906. The van der Waals surface area contributed by atoms with Crippen LogP contribution < -0.4 is 10.4 Å². The third-order valence-electron chi connectivity index (χ3n) is 3.64. The molecule has 114 valence electrons. The van der Waals surface area contributed by atoms with Gasteiger partial charge in [-0.05, 0) is 40.1 Å². The molecule has 0 radical (unpaired) electrons. The van der Waals surface area contributed by atoms with Crippen LogP contribution in [0.2, 0.25) is 1.41 Å². The maximum absolute atomic E-state index is 12.1. The molecule has 0 amide bonds. The number of ether oxygens (including phenoxy) is 1. The molecule has 1 saturated carbocycles. The summed E-state index contributed by atoms with van der Waals surface area (Å²) in [5.74, 6) is 0.907. The van der Waals surface area contributed by atoms with Gasteiger partial charge in [-0.1, -0.05) is 0 Å². The molecule has 22 heavy (non-hydrogen) atoms. The summed E-state index contributed by atoms with van der Waals surface area (Å²) in [7, 11) is 1.57. The van der Waals surface area contributed by atoms with E-state index in [1.54, 1.807) is 13.1 Å². The van der Waals surface area contributed by atoms with Gasteiger partial charge in [-0.15, -0.1) is 21.1 Å². The van der Waals surface area contributed by atoms with Crippen LogP contribution in [0, 0.1) is 0 Å². The normalized spacial score (nSPS) is 15.0. The van der Waals surface area contributed by atoms with Gasteiger partial charge in [0.2, 0.25) is 5.88 Å². The minimum atomic E-state index is -0.286. The quantitative estimate of drug-likeness (QED) is 0.763. The van der Waals surface area contributed by atoms with Gasteiger partial charge < -0.3 is 4.74 Å². The molecule has 0 unspecified atom stereocenters. The molecule has 4 rings (SSSR count). The van der Waals surface area contributed by atoms with E-state index in [0.717, 1.165) is 28.5 Å². The number of H-pyrrole nitrogens is 1. The molecule has 0 atom stereocenters. The van der Waals surface area contributed by atoms with Gasteiger partial charge in [0.05, 0.1) is 0 Å². The van der Waals surface area contributed by atoms with Crippen molar-refractivity contribution in [1.29, 1.82) is 0 Å². The SMILES string of the molecule is [3H]n1ccc(OCc2c(C3CC3)csc2-n2nnn(C)c2=O)n1. The largest absolute Gasteiger partial charge is 0.472 e. The number of aryl methyl sites for hydroxylation is 1. The van der Waals surface area contributed by atoms with Gasteiger partial charge in [-0.3, -0.25) is 5.09 Å². The Balaban J connectivity index is 1.69. The van der Waals surface area contributed by atoms with E-state index < -0.39 is 0 Å². The first-order valence-corrected chi connectivity index (χ1v) is 7.79. The Morgan fingerprint density at radius 1 is 1.55 bits per heavy atom. The van der Waals surface area contributed by atoms with Crippen LogP contribution in [0.3, 0.4) is 0 Å². The molecule has 3 aromatic rings. The highest BCUT2D eigenvalue weighted by molar-refractivity contribution is 7.12. The Hall–Kier alpha value is -2.42. The first kappa shape index (κ1) is 12.2. The van der Waals surface area contributed by atoms with Crippen molar-refractivity contribution in [3.8, 4) is 10.9 Å². The average molecular weight is 320 g/mol. The van der Waals surface area contributed by atoms with Crippen LogP contribution in [0.25, 0.3) is 5.00 Å². The van der Waals surface area contributed by atoms with Crippen molar-refractivity contribution in [2.45, 2.75) is 25.4 Å². The molecule has 8 nitrogen and oxygen atoms in total. The Morgan fingerprint density at radius 3 is 3.05 bits per heavy atom. The molecule has 9 heteroatoms. The molecule has 3 heterocycles. The molecule has 0 spiro atoms. The molecule has 1 N–H and O–H groups in total. The smallest absolute Gasteiger partial charge is 0.368 e. The van der Waals surface area contributed by atoms with Crippen molar-refractivity contribution in [3.63, 3.8) is 0 Å². The number of nitrogens with one attached hydrogen (secondary N) is 1. The molecule has 0 saturated heterocycles. The van der Waals surface area contributed by atoms with E-state index in [0.29, 0.717) is 11.8 Å². The number of nitrogens with zero attached hydrogens (tertiary/aromatic N) is 5. The maximum Gasteiger partial charge on any atom is 0.368 e. The van der Waals surface area contributed by atoms with Crippen molar-refractivity contribution in [1.82, 2.24) is 30.0 Å². The van der Waals surface area contributed by atoms with Crippen molar-refractivity contribution < 1.29 is 6.15 Å². The predicted octanol–water partition coefficient (Wildman–Crippen LogP) is 1.21. The fraction of sp³-hybridized carbons (Fsp3) is 0.385. The number of tetrazole rings is 1. The lowest BCUT2D eigenvalue weighted by molar-refractivity contribution is 0.292. The summed E-state index contributed by atoms with van der Waals surface area (Å²) in [5.41, 5.74) is 1.86. The van der Waals surface area contributed by atoms with Crippen molar-refractivity contribution in [2.75, 3.05) is 0 Å². The highest BCUT2D eigenvalue weighted by Crippen LogP contribution is 2.45. The molecule has 1 aliphatic carbocycles. The molecule has 3 aromatic heterocycles. The van der Waals surface area contributed by atoms with Gasteiger partial charge >= 0.3 is 5.69 Å². The lowest BCUT2D eigenvalue weighted by Crippen LogP contribution is -2.22. The Morgan fingerprint density at radius 2 is 2.41 bits per heavy atom. The molecule has 0 aliphatic heterocycles. The second kappa shape index (κ2) is 5.09. The first-order valence-electron chi connectivity index (χ1n) is 7.35. The second-order valence-corrected chi connectivity index (χ2v) is 6.06. The summed E-state index contributed by atoms with van der Waals surface area (Å²) in [6.07, 6.45) is 3.80. The number of aromatic nitrogens is 6. The van der Waals surface area contributed by atoms with Crippen LogP contribution in [0.5, 0.6) is 5.88 Å². The third-order valence-corrected chi connectivity index (χ3v) is 4.65. The van der Waals surface area contributed by atoms with E-state index in [9.17, 15) is 4.79 Å². The fourth-order valence-corrected chi connectivity index (χ4v) is 3.44. The highest BCUT2D eigenvalue weighted by atomic mass is 32.1. The van der Waals surface area contributed by atoms with Crippen LogP contribution in [0.4, 0.5) is 0 Å². The molecular formula is C13H14N6O2S. The maximum atomic E-state index is 12.1. The minimum Gasteiger partial charge on any atom is -0.472 e. The van der Waals surface area contributed by atoms with E-state index >= 15 is 0 Å². The second-order valence-electron chi connectivity index (χ2n) is 5.20. The summed E-state index contributed by atoms with van der Waals surface area (Å²) < 4.78 is 15.5. The van der Waals surface area contributed by atoms with Crippen molar-refractivity contribution in [3.05, 3.63) is 39.3 Å². The minimum absolute atomic E-state index is 0.282.